The molecule has 0 fully saturated rings. The molecule has 0 amide bonds. The van der Waals surface area contributed by atoms with E-state index in [0.29, 0.717) is 50.9 Å². The van der Waals surface area contributed by atoms with E-state index in [1.165, 1.54) is 29.1 Å². The van der Waals surface area contributed by atoms with Crippen molar-refractivity contribution in [1.82, 2.24) is 4.57 Å². The minimum atomic E-state index is -0.729. The summed E-state index contributed by atoms with van der Waals surface area (Å²) in [5, 5.41) is 10.0. The number of aromatic hydroxyl groups is 1. The number of methoxy groups -OCH3 is 1. The van der Waals surface area contributed by atoms with Crippen molar-refractivity contribution in [3.8, 4) is 17.2 Å². The standard InChI is InChI=1S/C31H28N2O6S/c1-4-38-25-16-21(10-15-24(25)34)17-26-29(35)33-28(27(30(36)37-3)19(2)32-31(33)40-26)22-11-13-23(14-12-22)39-18-20-8-6-5-7-9-20/h5-17,28,34H,4,18H2,1-3H3/b26-17-. The first-order valence-electron chi connectivity index (χ1n) is 12.7. The van der Waals surface area contributed by atoms with Crippen LogP contribution in [0, 0.1) is 0 Å². The van der Waals surface area contributed by atoms with Gasteiger partial charge in [0, 0.05) is 0 Å². The predicted molar refractivity (Wildman–Crippen MR) is 152 cm³/mol. The van der Waals surface area contributed by atoms with E-state index >= 15 is 0 Å². The molecule has 0 saturated heterocycles. The Bertz CT molecular complexity index is 1750. The van der Waals surface area contributed by atoms with E-state index in [0.717, 1.165) is 11.1 Å². The van der Waals surface area contributed by atoms with Crippen LogP contribution in [-0.2, 0) is 16.1 Å². The summed E-state index contributed by atoms with van der Waals surface area (Å²) < 4.78 is 18.5. The Kier molecular flexibility index (Phi) is 7.84. The molecule has 1 aromatic heterocycles. The van der Waals surface area contributed by atoms with Crippen LogP contribution in [0.1, 0.15) is 36.6 Å². The summed E-state index contributed by atoms with van der Waals surface area (Å²) in [6.07, 6.45) is 1.72. The van der Waals surface area contributed by atoms with Crippen LogP contribution in [0.15, 0.2) is 93.9 Å². The molecule has 1 N–H and O–H groups in total. The van der Waals surface area contributed by atoms with Crippen LogP contribution < -0.4 is 24.4 Å². The predicted octanol–water partition coefficient (Wildman–Crippen LogP) is 4.09. The molecule has 1 aliphatic heterocycles. The van der Waals surface area contributed by atoms with Crippen LogP contribution in [0.5, 0.6) is 17.2 Å². The fraction of sp³-hybridized carbons (Fsp3) is 0.194. The Morgan fingerprint density at radius 1 is 1.07 bits per heavy atom. The number of benzene rings is 3. The van der Waals surface area contributed by atoms with Gasteiger partial charge >= 0.3 is 5.97 Å². The van der Waals surface area contributed by atoms with Crippen LogP contribution in [-0.4, -0.2) is 29.4 Å². The molecule has 1 atom stereocenters. The molecule has 0 bridgehead atoms. The molecule has 0 aliphatic carbocycles. The lowest BCUT2D eigenvalue weighted by molar-refractivity contribution is -0.136. The first kappa shape index (κ1) is 27.0. The lowest BCUT2D eigenvalue weighted by Gasteiger charge is -2.24. The summed E-state index contributed by atoms with van der Waals surface area (Å²) in [7, 11) is 1.31. The number of esters is 1. The van der Waals surface area contributed by atoms with Gasteiger partial charge in [0.15, 0.2) is 16.3 Å². The van der Waals surface area contributed by atoms with Crippen molar-refractivity contribution in [2.24, 2.45) is 4.99 Å². The van der Waals surface area contributed by atoms with Crippen molar-refractivity contribution < 1.29 is 24.1 Å². The minimum Gasteiger partial charge on any atom is -0.504 e. The normalized spacial score (nSPS) is 14.9. The number of rotatable bonds is 8. The van der Waals surface area contributed by atoms with Gasteiger partial charge in [0.1, 0.15) is 12.4 Å². The summed E-state index contributed by atoms with van der Waals surface area (Å²) in [4.78, 5) is 31.7. The summed E-state index contributed by atoms with van der Waals surface area (Å²) in [6.45, 7) is 4.38. The minimum absolute atomic E-state index is 0.0231. The Balaban J connectivity index is 1.55. The van der Waals surface area contributed by atoms with Gasteiger partial charge in [-0.25, -0.2) is 9.79 Å². The number of nitrogens with zero attached hydrogens (tertiary/aromatic N) is 2. The van der Waals surface area contributed by atoms with Crippen LogP contribution in [0.2, 0.25) is 0 Å². The molecular formula is C31H28N2O6S. The monoisotopic (exact) mass is 556 g/mol. The number of carbonyl (C=O) groups is 1. The molecule has 0 spiro atoms. The van der Waals surface area contributed by atoms with Gasteiger partial charge in [0.25, 0.3) is 5.56 Å². The number of thiazole rings is 1. The van der Waals surface area contributed by atoms with E-state index in [1.807, 2.05) is 61.5 Å². The number of hydrogen-bond acceptors (Lipinski definition) is 8. The Morgan fingerprint density at radius 3 is 2.52 bits per heavy atom. The molecule has 1 unspecified atom stereocenters. The fourth-order valence-electron chi connectivity index (χ4n) is 4.54. The van der Waals surface area contributed by atoms with E-state index in [1.54, 1.807) is 25.1 Å². The Morgan fingerprint density at radius 2 is 1.82 bits per heavy atom. The SMILES string of the molecule is CCOc1cc(/C=c2\sc3n(c2=O)C(c2ccc(OCc4ccccc4)cc2)C(C(=O)OC)=C(C)N=3)ccc1O. The maximum atomic E-state index is 13.8. The molecule has 40 heavy (non-hydrogen) atoms. The van der Waals surface area contributed by atoms with Crippen molar-refractivity contribution in [2.75, 3.05) is 13.7 Å². The van der Waals surface area contributed by atoms with Crippen molar-refractivity contribution in [1.29, 1.82) is 0 Å². The highest BCUT2D eigenvalue weighted by molar-refractivity contribution is 7.07. The van der Waals surface area contributed by atoms with Gasteiger partial charge in [0.2, 0.25) is 0 Å². The fourth-order valence-corrected chi connectivity index (χ4v) is 5.58. The molecule has 9 heteroatoms. The number of fused-ring (bicyclic) bond motifs is 1. The van der Waals surface area contributed by atoms with Crippen LogP contribution >= 0.6 is 11.3 Å². The molecule has 3 aromatic carbocycles. The maximum absolute atomic E-state index is 13.8. The Hall–Kier alpha value is -4.63. The highest BCUT2D eigenvalue weighted by atomic mass is 32.1. The van der Waals surface area contributed by atoms with E-state index in [9.17, 15) is 14.7 Å². The van der Waals surface area contributed by atoms with Crippen LogP contribution in [0.3, 0.4) is 0 Å². The van der Waals surface area contributed by atoms with Crippen molar-refractivity contribution >= 4 is 23.4 Å². The zero-order chi connectivity index (χ0) is 28.2. The van der Waals surface area contributed by atoms with Gasteiger partial charge in [0.05, 0.1) is 35.6 Å². The number of ether oxygens (including phenoxy) is 3. The number of phenolic OH excluding ortho intramolecular Hbond substituents is 1. The van der Waals surface area contributed by atoms with Crippen LogP contribution in [0.25, 0.3) is 6.08 Å². The average molecular weight is 557 g/mol. The molecule has 204 valence electrons. The molecule has 4 aromatic rings. The maximum Gasteiger partial charge on any atom is 0.338 e. The summed E-state index contributed by atoms with van der Waals surface area (Å²) in [6, 6.07) is 21.4. The van der Waals surface area contributed by atoms with E-state index in [-0.39, 0.29) is 11.3 Å². The topological polar surface area (TPSA) is 99.4 Å². The average Bonchev–Trinajstić information content (AvgIpc) is 3.27. The second kappa shape index (κ2) is 11.6. The van der Waals surface area contributed by atoms with Crippen LogP contribution in [0.4, 0.5) is 0 Å². The summed E-state index contributed by atoms with van der Waals surface area (Å²) in [5.41, 5.74) is 2.94. The summed E-state index contributed by atoms with van der Waals surface area (Å²) >= 11 is 1.23. The molecule has 2 heterocycles. The second-order valence-electron chi connectivity index (χ2n) is 9.08. The zero-order valence-electron chi connectivity index (χ0n) is 22.3. The molecule has 5 rings (SSSR count). The molecule has 1 aliphatic rings. The Labute approximate surface area is 234 Å². The smallest absolute Gasteiger partial charge is 0.338 e. The summed E-state index contributed by atoms with van der Waals surface area (Å²) in [5.74, 6) is 0.470. The number of hydrogen-bond donors (Lipinski definition) is 1. The van der Waals surface area contributed by atoms with Gasteiger partial charge in [-0.15, -0.1) is 0 Å². The lowest BCUT2D eigenvalue weighted by atomic mass is 9.96. The molecular weight excluding hydrogens is 528 g/mol. The van der Waals surface area contributed by atoms with Gasteiger partial charge < -0.3 is 19.3 Å². The van der Waals surface area contributed by atoms with Gasteiger partial charge in [-0.2, -0.15) is 0 Å². The molecule has 8 nitrogen and oxygen atoms in total. The van der Waals surface area contributed by atoms with Crippen molar-refractivity contribution in [3.63, 3.8) is 0 Å². The van der Waals surface area contributed by atoms with Crippen molar-refractivity contribution in [3.05, 3.63) is 120 Å². The van der Waals surface area contributed by atoms with Gasteiger partial charge in [-0.3, -0.25) is 9.36 Å². The van der Waals surface area contributed by atoms with Gasteiger partial charge in [-0.1, -0.05) is 59.9 Å². The second-order valence-corrected chi connectivity index (χ2v) is 10.1. The quantitative estimate of drug-likeness (QED) is 0.328. The largest absolute Gasteiger partial charge is 0.504 e. The highest BCUT2D eigenvalue weighted by Gasteiger charge is 2.33. The highest BCUT2D eigenvalue weighted by Crippen LogP contribution is 2.32. The van der Waals surface area contributed by atoms with Crippen molar-refractivity contribution in [2.45, 2.75) is 26.5 Å². The molecule has 0 radical (unpaired) electrons. The van der Waals surface area contributed by atoms with E-state index < -0.39 is 12.0 Å². The van der Waals surface area contributed by atoms with Gasteiger partial charge in [-0.05, 0) is 60.9 Å². The first-order valence-corrected chi connectivity index (χ1v) is 13.5. The third kappa shape index (κ3) is 5.41. The molecule has 0 saturated carbocycles. The van der Waals surface area contributed by atoms with E-state index in [2.05, 4.69) is 4.99 Å². The number of allylic oxidation sites excluding steroid dienone is 1. The lowest BCUT2D eigenvalue weighted by Crippen LogP contribution is -2.39. The van der Waals surface area contributed by atoms with E-state index in [4.69, 9.17) is 14.2 Å². The number of phenols is 1. The number of aromatic nitrogens is 1. The number of carbonyl (C=O) groups excluding carboxylic acids is 1. The first-order chi connectivity index (χ1) is 19.4. The third-order valence-electron chi connectivity index (χ3n) is 6.45. The zero-order valence-corrected chi connectivity index (χ0v) is 23.1. The third-order valence-corrected chi connectivity index (χ3v) is 7.44.